The van der Waals surface area contributed by atoms with Gasteiger partial charge in [-0.15, -0.1) is 0 Å². The summed E-state index contributed by atoms with van der Waals surface area (Å²) < 4.78 is 5.06. The van der Waals surface area contributed by atoms with Crippen LogP contribution < -0.4 is 11.1 Å². The third kappa shape index (κ3) is 3.96. The van der Waals surface area contributed by atoms with Crippen molar-refractivity contribution >= 4 is 0 Å². The third-order valence-corrected chi connectivity index (χ3v) is 2.89. The van der Waals surface area contributed by atoms with Gasteiger partial charge in [0.25, 0.3) is 0 Å². The molecule has 1 heterocycles. The Morgan fingerprint density at radius 1 is 1.44 bits per heavy atom. The van der Waals surface area contributed by atoms with Crippen LogP contribution in [-0.2, 0) is 0 Å². The quantitative estimate of drug-likeness (QED) is 0.698. The van der Waals surface area contributed by atoms with Crippen LogP contribution in [0, 0.1) is 0 Å². The number of likely N-dealkylation sites (N-methyl/N-ethyl adjacent to an activating group) is 1. The van der Waals surface area contributed by atoms with Gasteiger partial charge in [-0.25, -0.2) is 0 Å². The highest BCUT2D eigenvalue weighted by Crippen LogP contribution is 2.11. The van der Waals surface area contributed by atoms with Crippen LogP contribution in [0.1, 0.15) is 25.5 Å². The lowest BCUT2D eigenvalue weighted by Gasteiger charge is -2.21. The predicted molar refractivity (Wildman–Crippen MR) is 66.3 cm³/mol. The minimum absolute atomic E-state index is 0.203. The molecule has 0 aliphatic heterocycles. The normalized spacial score (nSPS) is 13.2. The van der Waals surface area contributed by atoms with Crippen molar-refractivity contribution in [2.45, 2.75) is 19.9 Å². The van der Waals surface area contributed by atoms with E-state index >= 15 is 0 Å². The highest BCUT2D eigenvalue weighted by atomic mass is 16.3. The molecule has 0 saturated carbocycles. The lowest BCUT2D eigenvalue weighted by molar-refractivity contribution is 0.296. The molecule has 0 spiro atoms. The topological polar surface area (TPSA) is 54.4 Å². The van der Waals surface area contributed by atoms with Crippen molar-refractivity contribution in [2.24, 2.45) is 5.73 Å². The molecule has 3 N–H and O–H groups in total. The largest absolute Gasteiger partial charge is 0.472 e. The zero-order chi connectivity index (χ0) is 11.8. The lowest BCUT2D eigenvalue weighted by Crippen LogP contribution is -2.36. The monoisotopic (exact) mass is 225 g/mol. The smallest absolute Gasteiger partial charge is 0.0950 e. The van der Waals surface area contributed by atoms with Gasteiger partial charge in [0, 0.05) is 31.2 Å². The van der Waals surface area contributed by atoms with E-state index in [4.69, 9.17) is 10.2 Å². The number of furan rings is 1. The molecule has 0 aliphatic carbocycles. The lowest BCUT2D eigenvalue weighted by atomic mass is 10.1. The van der Waals surface area contributed by atoms with E-state index in [0.29, 0.717) is 6.54 Å². The Kier molecular flexibility index (Phi) is 6.15. The summed E-state index contributed by atoms with van der Waals surface area (Å²) in [5, 5.41) is 3.44. The van der Waals surface area contributed by atoms with Gasteiger partial charge in [0.2, 0.25) is 0 Å². The van der Waals surface area contributed by atoms with Crippen LogP contribution in [0.3, 0.4) is 0 Å². The number of nitrogens with one attached hydrogen (secondary N) is 1. The molecular weight excluding hydrogens is 202 g/mol. The molecule has 0 bridgehead atoms. The van der Waals surface area contributed by atoms with E-state index in [0.717, 1.165) is 31.7 Å². The van der Waals surface area contributed by atoms with Crippen molar-refractivity contribution in [3.05, 3.63) is 24.2 Å². The van der Waals surface area contributed by atoms with Gasteiger partial charge in [-0.05, 0) is 19.2 Å². The van der Waals surface area contributed by atoms with Gasteiger partial charge in [-0.1, -0.05) is 13.8 Å². The summed E-state index contributed by atoms with van der Waals surface area (Å²) in [6.45, 7) is 9.15. The summed E-state index contributed by atoms with van der Waals surface area (Å²) in [5.41, 5.74) is 6.85. The third-order valence-electron chi connectivity index (χ3n) is 2.89. The SMILES string of the molecule is CCN(CC)CCNC(CN)c1ccoc1. The molecular formula is C12H23N3O. The summed E-state index contributed by atoms with van der Waals surface area (Å²) in [5.74, 6) is 0. The molecule has 1 rings (SSSR count). The molecule has 0 aliphatic rings. The van der Waals surface area contributed by atoms with Crippen LogP contribution in [0.4, 0.5) is 0 Å². The second-order valence-electron chi connectivity index (χ2n) is 3.83. The van der Waals surface area contributed by atoms with Gasteiger partial charge in [0.15, 0.2) is 0 Å². The maximum atomic E-state index is 5.73. The first kappa shape index (κ1) is 13.2. The van der Waals surface area contributed by atoms with Crippen molar-refractivity contribution in [3.63, 3.8) is 0 Å². The Morgan fingerprint density at radius 3 is 2.69 bits per heavy atom. The molecule has 1 aromatic rings. The Balaban J connectivity index is 2.30. The van der Waals surface area contributed by atoms with E-state index < -0.39 is 0 Å². The molecule has 92 valence electrons. The van der Waals surface area contributed by atoms with E-state index in [2.05, 4.69) is 24.1 Å². The average molecular weight is 225 g/mol. The van der Waals surface area contributed by atoms with Crippen molar-refractivity contribution in [3.8, 4) is 0 Å². The van der Waals surface area contributed by atoms with Crippen LogP contribution in [-0.4, -0.2) is 37.6 Å². The van der Waals surface area contributed by atoms with Gasteiger partial charge in [-0.2, -0.15) is 0 Å². The van der Waals surface area contributed by atoms with E-state index in [9.17, 15) is 0 Å². The molecule has 1 aromatic heterocycles. The Morgan fingerprint density at radius 2 is 2.19 bits per heavy atom. The second kappa shape index (κ2) is 7.44. The number of rotatable bonds is 8. The van der Waals surface area contributed by atoms with Crippen LogP contribution in [0.15, 0.2) is 23.0 Å². The zero-order valence-corrected chi connectivity index (χ0v) is 10.3. The molecule has 0 amide bonds. The summed E-state index contributed by atoms with van der Waals surface area (Å²) in [6.07, 6.45) is 3.44. The van der Waals surface area contributed by atoms with Gasteiger partial charge < -0.3 is 20.4 Å². The fourth-order valence-corrected chi connectivity index (χ4v) is 1.75. The molecule has 0 aromatic carbocycles. The zero-order valence-electron chi connectivity index (χ0n) is 10.3. The Labute approximate surface area is 97.8 Å². The number of nitrogens with two attached hydrogens (primary N) is 1. The molecule has 0 radical (unpaired) electrons. The number of nitrogens with zero attached hydrogens (tertiary/aromatic N) is 1. The van der Waals surface area contributed by atoms with Crippen molar-refractivity contribution in [1.82, 2.24) is 10.2 Å². The predicted octanol–water partition coefficient (Wildman–Crippen LogP) is 1.21. The highest BCUT2D eigenvalue weighted by molar-refractivity contribution is 5.11. The molecule has 1 atom stereocenters. The second-order valence-corrected chi connectivity index (χ2v) is 3.83. The maximum Gasteiger partial charge on any atom is 0.0950 e. The maximum absolute atomic E-state index is 5.73. The summed E-state index contributed by atoms with van der Waals surface area (Å²) >= 11 is 0. The first-order valence-electron chi connectivity index (χ1n) is 5.99. The standard InChI is InChI=1S/C12H23N3O/c1-3-15(4-2)7-6-14-12(9-13)11-5-8-16-10-11/h5,8,10,12,14H,3-4,6-7,9,13H2,1-2H3. The highest BCUT2D eigenvalue weighted by Gasteiger charge is 2.09. The van der Waals surface area contributed by atoms with Gasteiger partial charge in [0.1, 0.15) is 0 Å². The van der Waals surface area contributed by atoms with Crippen molar-refractivity contribution in [1.29, 1.82) is 0 Å². The van der Waals surface area contributed by atoms with Gasteiger partial charge >= 0.3 is 0 Å². The molecule has 16 heavy (non-hydrogen) atoms. The van der Waals surface area contributed by atoms with Crippen molar-refractivity contribution < 1.29 is 4.42 Å². The minimum Gasteiger partial charge on any atom is -0.472 e. The number of hydrogen-bond acceptors (Lipinski definition) is 4. The van der Waals surface area contributed by atoms with Crippen LogP contribution in [0.2, 0.25) is 0 Å². The van der Waals surface area contributed by atoms with Gasteiger partial charge in [0.05, 0.1) is 12.5 Å². The first-order chi connectivity index (χ1) is 7.81. The minimum atomic E-state index is 0.203. The first-order valence-corrected chi connectivity index (χ1v) is 5.99. The average Bonchev–Trinajstić information content (AvgIpc) is 2.83. The Bertz CT molecular complexity index is 257. The Hall–Kier alpha value is -0.840. The van der Waals surface area contributed by atoms with E-state index in [-0.39, 0.29) is 6.04 Å². The summed E-state index contributed by atoms with van der Waals surface area (Å²) in [7, 11) is 0. The summed E-state index contributed by atoms with van der Waals surface area (Å²) in [6, 6.07) is 2.16. The molecule has 4 nitrogen and oxygen atoms in total. The van der Waals surface area contributed by atoms with Crippen molar-refractivity contribution in [2.75, 3.05) is 32.7 Å². The van der Waals surface area contributed by atoms with E-state index in [1.807, 2.05) is 6.07 Å². The molecule has 0 saturated heterocycles. The van der Waals surface area contributed by atoms with Crippen LogP contribution in [0.25, 0.3) is 0 Å². The van der Waals surface area contributed by atoms with Crippen LogP contribution in [0.5, 0.6) is 0 Å². The fraction of sp³-hybridized carbons (Fsp3) is 0.667. The molecule has 0 fully saturated rings. The van der Waals surface area contributed by atoms with E-state index in [1.165, 1.54) is 0 Å². The number of hydrogen-bond donors (Lipinski definition) is 2. The van der Waals surface area contributed by atoms with E-state index in [1.54, 1.807) is 12.5 Å². The van der Waals surface area contributed by atoms with Gasteiger partial charge in [-0.3, -0.25) is 0 Å². The molecule has 4 heteroatoms. The fourth-order valence-electron chi connectivity index (χ4n) is 1.75. The van der Waals surface area contributed by atoms with Crippen LogP contribution >= 0.6 is 0 Å². The summed E-state index contributed by atoms with van der Waals surface area (Å²) in [4.78, 5) is 2.38. The molecule has 1 unspecified atom stereocenters.